The molecule has 0 spiro atoms. The molecule has 1 unspecified atom stereocenters. The zero-order valence-corrected chi connectivity index (χ0v) is 14.4. The average molecular weight is 304 g/mol. The average Bonchev–Trinajstić information content (AvgIpc) is 2.97. The predicted octanol–water partition coefficient (Wildman–Crippen LogP) is 3.25. The van der Waals surface area contributed by atoms with E-state index in [1.807, 2.05) is 0 Å². The third-order valence-corrected chi connectivity index (χ3v) is 3.89. The standard InChI is InChI=1S/C10H13O4P.C5H9.Li/c1-12-6-4-7(13-2)9(10(11)15)8(5-6)14-3;1-2-4-5-3-1;/h4-5H,15H2,1-3H3;1H,2-5H2;. The van der Waals surface area contributed by atoms with E-state index in [2.05, 4.69) is 27.0 Å². The molecular weight excluding hydrogens is 282 g/mol. The number of ether oxygens (including phenoxy) is 3. The first kappa shape index (κ1) is 18.4. The van der Waals surface area contributed by atoms with Gasteiger partial charge in [-0.25, -0.2) is 0 Å². The second-order valence-electron chi connectivity index (χ2n) is 5.16. The van der Waals surface area contributed by atoms with Gasteiger partial charge in [0.15, 0.2) is 5.52 Å². The fourth-order valence-corrected chi connectivity index (χ4v) is 2.66. The number of hydrogen-bond acceptors (Lipinski definition) is 4. The second kappa shape index (κ2) is 9.36. The topological polar surface area (TPSA) is 44.8 Å². The van der Waals surface area contributed by atoms with Crippen LogP contribution in [0.5, 0.6) is 17.2 Å². The van der Waals surface area contributed by atoms with Crippen LogP contribution in [0.15, 0.2) is 12.1 Å². The van der Waals surface area contributed by atoms with Crippen molar-refractivity contribution >= 4 is 32.5 Å². The Balaban J connectivity index is 0.000000304. The quantitative estimate of drug-likeness (QED) is 0.633. The van der Waals surface area contributed by atoms with Crippen molar-refractivity contribution in [3.8, 4) is 17.2 Å². The fraction of sp³-hybridized carbons (Fsp3) is 0.533. The summed E-state index contributed by atoms with van der Waals surface area (Å²) < 4.78 is 16.3. The van der Waals surface area contributed by atoms with Crippen molar-refractivity contribution in [2.75, 3.05) is 21.3 Å². The van der Waals surface area contributed by atoms with Crippen molar-refractivity contribution in [1.29, 1.82) is 0 Å². The Bertz CT molecular complexity index is 448. The molecule has 0 saturated heterocycles. The zero-order chi connectivity index (χ0) is 15.8. The van der Waals surface area contributed by atoms with Crippen molar-refractivity contribution in [2.24, 2.45) is 0 Å². The third-order valence-electron chi connectivity index (χ3n) is 3.61. The SMILES string of the molecule is COc1cc(OC)c(C(=O)P)c(OC)c1.[Li][CH]1CCCC1. The summed E-state index contributed by atoms with van der Waals surface area (Å²) in [7, 11) is 6.61. The van der Waals surface area contributed by atoms with Gasteiger partial charge in [-0.1, -0.05) is 9.24 Å². The zero-order valence-electron chi connectivity index (χ0n) is 13.3. The Hall–Kier alpha value is -0.683. The van der Waals surface area contributed by atoms with Gasteiger partial charge in [0.2, 0.25) is 0 Å². The predicted molar refractivity (Wildman–Crippen MR) is 88.1 cm³/mol. The van der Waals surface area contributed by atoms with Gasteiger partial charge in [-0.05, 0) is 0 Å². The van der Waals surface area contributed by atoms with E-state index in [1.165, 1.54) is 47.0 Å². The first-order valence-corrected chi connectivity index (χ1v) is 7.71. The minimum atomic E-state index is -0.189. The number of methoxy groups -OCH3 is 3. The summed E-state index contributed by atoms with van der Waals surface area (Å²) in [4.78, 5) is 11.4. The van der Waals surface area contributed by atoms with Crippen LogP contribution in [0.25, 0.3) is 0 Å². The van der Waals surface area contributed by atoms with E-state index in [1.54, 1.807) is 12.1 Å². The van der Waals surface area contributed by atoms with Crippen molar-refractivity contribution in [3.63, 3.8) is 0 Å². The third kappa shape index (κ3) is 5.55. The Morgan fingerprint density at radius 1 is 1.10 bits per heavy atom. The summed E-state index contributed by atoms with van der Waals surface area (Å²) in [5, 5.41) is 0. The van der Waals surface area contributed by atoms with Gasteiger partial charge in [0.1, 0.15) is 22.8 Å². The number of carbonyl (C=O) groups excluding carboxylic acids is 1. The maximum absolute atomic E-state index is 11.4. The van der Waals surface area contributed by atoms with Crippen LogP contribution in [-0.4, -0.2) is 44.6 Å². The van der Waals surface area contributed by atoms with E-state index in [4.69, 9.17) is 14.2 Å². The second-order valence-corrected chi connectivity index (χ2v) is 5.69. The molecule has 1 aliphatic rings. The number of hydrogen-bond donors (Lipinski definition) is 0. The van der Waals surface area contributed by atoms with Crippen LogP contribution in [0.1, 0.15) is 36.0 Å². The van der Waals surface area contributed by atoms with Gasteiger partial charge in [-0.3, -0.25) is 4.79 Å². The molecule has 1 aliphatic carbocycles. The van der Waals surface area contributed by atoms with E-state index >= 15 is 0 Å². The van der Waals surface area contributed by atoms with Gasteiger partial charge >= 0.3 is 48.0 Å². The molecule has 0 N–H and O–H groups in total. The van der Waals surface area contributed by atoms with Gasteiger partial charge < -0.3 is 14.2 Å². The molecular formula is C15H22LiO4P. The summed E-state index contributed by atoms with van der Waals surface area (Å²) in [6.07, 6.45) is 5.95. The summed E-state index contributed by atoms with van der Waals surface area (Å²) in [6.45, 7) is 0. The van der Waals surface area contributed by atoms with Crippen LogP contribution in [-0.2, 0) is 0 Å². The molecule has 112 valence electrons. The maximum atomic E-state index is 11.4. The van der Waals surface area contributed by atoms with E-state index in [0.717, 1.165) is 4.59 Å². The summed E-state index contributed by atoms with van der Waals surface area (Å²) >= 11 is 2.34. The van der Waals surface area contributed by atoms with Gasteiger partial charge in [0, 0.05) is 12.1 Å². The Morgan fingerprint density at radius 2 is 1.57 bits per heavy atom. The van der Waals surface area contributed by atoms with Crippen LogP contribution in [0.3, 0.4) is 0 Å². The van der Waals surface area contributed by atoms with Crippen LogP contribution < -0.4 is 14.2 Å². The van der Waals surface area contributed by atoms with Crippen molar-refractivity contribution in [2.45, 2.75) is 30.3 Å². The van der Waals surface area contributed by atoms with Crippen LogP contribution in [0, 0.1) is 0 Å². The first-order valence-electron chi connectivity index (χ1n) is 7.13. The molecule has 1 saturated carbocycles. The van der Waals surface area contributed by atoms with Crippen molar-refractivity contribution < 1.29 is 19.0 Å². The molecule has 0 heterocycles. The Morgan fingerprint density at radius 3 is 1.81 bits per heavy atom. The summed E-state index contributed by atoms with van der Waals surface area (Å²) in [5.74, 6) is 1.45. The van der Waals surface area contributed by atoms with Crippen LogP contribution in [0.2, 0.25) is 4.59 Å². The number of rotatable bonds is 4. The molecule has 0 aliphatic heterocycles. The summed E-state index contributed by atoms with van der Waals surface area (Å²) in [6, 6.07) is 3.28. The molecule has 1 fully saturated rings. The molecule has 1 aromatic rings. The molecule has 0 amide bonds. The monoisotopic (exact) mass is 304 g/mol. The summed E-state index contributed by atoms with van der Waals surface area (Å²) in [5.41, 5.74) is 0.206. The van der Waals surface area contributed by atoms with E-state index in [-0.39, 0.29) is 5.52 Å². The molecule has 6 heteroatoms. The molecule has 1 aromatic carbocycles. The Labute approximate surface area is 138 Å². The van der Waals surface area contributed by atoms with Gasteiger partial charge in [-0.2, -0.15) is 0 Å². The molecule has 21 heavy (non-hydrogen) atoms. The fourth-order valence-electron chi connectivity index (χ4n) is 2.38. The van der Waals surface area contributed by atoms with Gasteiger partial charge in [0.05, 0.1) is 21.3 Å². The van der Waals surface area contributed by atoms with Crippen molar-refractivity contribution in [3.05, 3.63) is 17.7 Å². The number of carbonyl (C=O) groups is 1. The van der Waals surface area contributed by atoms with Crippen LogP contribution in [0.4, 0.5) is 0 Å². The molecule has 0 bridgehead atoms. The van der Waals surface area contributed by atoms with Gasteiger partial charge in [0.25, 0.3) is 0 Å². The molecule has 0 radical (unpaired) electrons. The van der Waals surface area contributed by atoms with Gasteiger partial charge in [-0.15, -0.1) is 0 Å². The normalized spacial score (nSPS) is 14.2. The molecule has 0 aromatic heterocycles. The van der Waals surface area contributed by atoms with E-state index < -0.39 is 0 Å². The Kier molecular flexibility index (Phi) is 8.18. The molecule has 1 atom stereocenters. The molecule has 2 rings (SSSR count). The molecule has 4 nitrogen and oxygen atoms in total. The van der Waals surface area contributed by atoms with Crippen LogP contribution >= 0.6 is 9.24 Å². The van der Waals surface area contributed by atoms with Crippen molar-refractivity contribution in [1.82, 2.24) is 0 Å². The number of benzene rings is 1. The minimum absolute atomic E-state index is 0.189. The first-order chi connectivity index (χ1) is 10.0. The van der Waals surface area contributed by atoms with E-state index in [0.29, 0.717) is 22.8 Å². The van der Waals surface area contributed by atoms with E-state index in [9.17, 15) is 4.79 Å².